The summed E-state index contributed by atoms with van der Waals surface area (Å²) in [4.78, 5) is 25.9. The lowest BCUT2D eigenvalue weighted by Gasteiger charge is -2.15. The van der Waals surface area contributed by atoms with Gasteiger partial charge in [-0.3, -0.25) is 9.59 Å². The molecule has 30 heavy (non-hydrogen) atoms. The Morgan fingerprint density at radius 3 is 2.37 bits per heavy atom. The Kier molecular flexibility index (Phi) is 5.86. The lowest BCUT2D eigenvalue weighted by atomic mass is 9.95. The molecule has 2 aromatic carbocycles. The van der Waals surface area contributed by atoms with Crippen molar-refractivity contribution in [1.29, 1.82) is 0 Å². The molecule has 3 aromatic rings. The van der Waals surface area contributed by atoms with Crippen molar-refractivity contribution >= 4 is 28.2 Å². The molecule has 0 fully saturated rings. The second-order valence-electron chi connectivity index (χ2n) is 7.42. The number of ether oxygens (including phenoxy) is 1. The summed E-state index contributed by atoms with van der Waals surface area (Å²) in [6, 6.07) is 17.7. The van der Waals surface area contributed by atoms with Gasteiger partial charge in [0, 0.05) is 4.88 Å². The van der Waals surface area contributed by atoms with Gasteiger partial charge in [-0.05, 0) is 61.4 Å². The van der Waals surface area contributed by atoms with Gasteiger partial charge in [0.25, 0.3) is 11.8 Å². The number of carbonyl (C=O) groups excluding carboxylic acids is 2. The molecule has 2 amide bonds. The summed E-state index contributed by atoms with van der Waals surface area (Å²) in [5, 5.41) is 3.40. The van der Waals surface area contributed by atoms with E-state index in [1.807, 2.05) is 54.6 Å². The zero-order valence-electron chi connectivity index (χ0n) is 16.8. The molecule has 1 aliphatic carbocycles. The van der Waals surface area contributed by atoms with Crippen LogP contribution in [0.1, 0.15) is 40.6 Å². The second-order valence-corrected chi connectivity index (χ2v) is 8.52. The highest BCUT2D eigenvalue weighted by atomic mass is 32.1. The first-order valence-electron chi connectivity index (χ1n) is 10.1. The van der Waals surface area contributed by atoms with E-state index < -0.39 is 12.0 Å². The van der Waals surface area contributed by atoms with Crippen molar-refractivity contribution in [1.82, 2.24) is 0 Å². The minimum atomic E-state index is -0.715. The van der Waals surface area contributed by atoms with Crippen LogP contribution >= 0.6 is 11.3 Å². The van der Waals surface area contributed by atoms with Crippen LogP contribution in [0.2, 0.25) is 0 Å². The summed E-state index contributed by atoms with van der Waals surface area (Å²) in [5.74, 6) is -0.184. The molecule has 1 atom stereocenters. The second kappa shape index (κ2) is 8.71. The van der Waals surface area contributed by atoms with Gasteiger partial charge in [0.15, 0.2) is 6.10 Å². The van der Waals surface area contributed by atoms with Gasteiger partial charge in [-0.2, -0.15) is 0 Å². The molecule has 0 unspecified atom stereocenters. The first-order valence-corrected chi connectivity index (χ1v) is 10.9. The van der Waals surface area contributed by atoms with Crippen molar-refractivity contribution in [2.24, 2.45) is 5.73 Å². The number of amides is 2. The zero-order chi connectivity index (χ0) is 21.1. The van der Waals surface area contributed by atoms with Gasteiger partial charge < -0.3 is 15.8 Å². The first-order chi connectivity index (χ1) is 14.5. The van der Waals surface area contributed by atoms with Crippen molar-refractivity contribution in [2.45, 2.75) is 38.7 Å². The van der Waals surface area contributed by atoms with Gasteiger partial charge in [-0.25, -0.2) is 0 Å². The predicted octanol–water partition coefficient (Wildman–Crippen LogP) is 4.80. The smallest absolute Gasteiger partial charge is 0.265 e. The zero-order valence-corrected chi connectivity index (χ0v) is 17.6. The lowest BCUT2D eigenvalue weighted by Crippen LogP contribution is -2.30. The van der Waals surface area contributed by atoms with Crippen molar-refractivity contribution in [3.8, 4) is 16.9 Å². The van der Waals surface area contributed by atoms with Crippen LogP contribution in [0.3, 0.4) is 0 Å². The van der Waals surface area contributed by atoms with Crippen LogP contribution in [0, 0.1) is 0 Å². The molecule has 1 aliphatic rings. The van der Waals surface area contributed by atoms with E-state index in [2.05, 4.69) is 5.32 Å². The maximum absolute atomic E-state index is 12.7. The molecule has 0 aliphatic heterocycles. The third kappa shape index (κ3) is 4.24. The monoisotopic (exact) mass is 420 g/mol. The van der Waals surface area contributed by atoms with Gasteiger partial charge in [0.05, 0.1) is 5.56 Å². The lowest BCUT2D eigenvalue weighted by molar-refractivity contribution is -0.122. The molecule has 154 valence electrons. The summed E-state index contributed by atoms with van der Waals surface area (Å²) in [7, 11) is 0. The molecule has 0 bridgehead atoms. The first kappa shape index (κ1) is 20.2. The van der Waals surface area contributed by atoms with E-state index in [0.717, 1.165) is 47.3 Å². The number of primary amides is 1. The molecule has 1 heterocycles. The van der Waals surface area contributed by atoms with Crippen LogP contribution in [-0.2, 0) is 17.6 Å². The third-order valence-electron chi connectivity index (χ3n) is 5.30. The van der Waals surface area contributed by atoms with Crippen LogP contribution in [-0.4, -0.2) is 17.9 Å². The summed E-state index contributed by atoms with van der Waals surface area (Å²) in [6.45, 7) is 1.69. The summed E-state index contributed by atoms with van der Waals surface area (Å²) in [6.07, 6.45) is 3.18. The molecule has 6 heteroatoms. The number of carbonyl (C=O) groups is 2. The number of rotatable bonds is 6. The molecule has 0 saturated carbocycles. The molecular weight excluding hydrogens is 396 g/mol. The van der Waals surface area contributed by atoms with Crippen LogP contribution in [0.15, 0.2) is 54.6 Å². The van der Waals surface area contributed by atoms with Gasteiger partial charge in [0.1, 0.15) is 10.8 Å². The molecular formula is C24H24N2O3S. The van der Waals surface area contributed by atoms with Crippen molar-refractivity contribution in [3.05, 3.63) is 70.6 Å². The Bertz CT molecular complexity index is 1060. The van der Waals surface area contributed by atoms with E-state index in [-0.39, 0.29) is 5.91 Å². The van der Waals surface area contributed by atoms with Crippen molar-refractivity contribution < 1.29 is 14.3 Å². The normalized spacial score (nSPS) is 13.9. The fourth-order valence-electron chi connectivity index (χ4n) is 3.74. The largest absolute Gasteiger partial charge is 0.481 e. The number of fused-ring (bicyclic) bond motifs is 1. The van der Waals surface area contributed by atoms with E-state index in [9.17, 15) is 9.59 Å². The Morgan fingerprint density at radius 1 is 1.00 bits per heavy atom. The van der Waals surface area contributed by atoms with E-state index in [1.165, 1.54) is 11.3 Å². The summed E-state index contributed by atoms with van der Waals surface area (Å²) < 4.78 is 5.82. The molecule has 0 saturated heterocycles. The van der Waals surface area contributed by atoms with Crippen LogP contribution in [0.4, 0.5) is 5.00 Å². The average molecular weight is 421 g/mol. The third-order valence-corrected chi connectivity index (χ3v) is 6.51. The van der Waals surface area contributed by atoms with Crippen LogP contribution < -0.4 is 15.8 Å². The Morgan fingerprint density at radius 2 is 1.67 bits per heavy atom. The highest BCUT2D eigenvalue weighted by Crippen LogP contribution is 2.38. The van der Waals surface area contributed by atoms with Crippen molar-refractivity contribution in [3.63, 3.8) is 0 Å². The van der Waals surface area contributed by atoms with Crippen LogP contribution in [0.5, 0.6) is 5.75 Å². The Labute approximate surface area is 179 Å². The van der Waals surface area contributed by atoms with Gasteiger partial charge >= 0.3 is 0 Å². The number of hydrogen-bond acceptors (Lipinski definition) is 4. The van der Waals surface area contributed by atoms with Gasteiger partial charge in [-0.1, -0.05) is 42.5 Å². The Hall–Kier alpha value is -3.12. The molecule has 1 aromatic heterocycles. The minimum absolute atomic E-state index is 0.303. The topological polar surface area (TPSA) is 81.4 Å². The number of hydrogen-bond donors (Lipinski definition) is 2. The maximum Gasteiger partial charge on any atom is 0.265 e. The van der Waals surface area contributed by atoms with Gasteiger partial charge in [0.2, 0.25) is 0 Å². The number of nitrogens with one attached hydrogen (secondary N) is 1. The number of aryl methyl sites for hydroxylation is 1. The van der Waals surface area contributed by atoms with E-state index in [1.54, 1.807) is 6.92 Å². The number of thiophene rings is 1. The standard InChI is InChI=1S/C24H24N2O3S/c1-15(29-18-13-11-17(12-14-18)16-7-3-2-4-8-16)23(28)26-24-21(22(25)27)19-9-5-6-10-20(19)30-24/h2-4,7-8,11-15H,5-6,9-10H2,1H3,(H2,25,27)(H,26,28)/t15-/m1/s1. The molecule has 3 N–H and O–H groups in total. The molecule has 4 rings (SSSR count). The number of benzene rings is 2. The predicted molar refractivity (Wildman–Crippen MR) is 120 cm³/mol. The molecule has 0 radical (unpaired) electrons. The van der Waals surface area contributed by atoms with Gasteiger partial charge in [-0.15, -0.1) is 11.3 Å². The Balaban J connectivity index is 1.45. The van der Waals surface area contributed by atoms with E-state index in [4.69, 9.17) is 10.5 Å². The summed E-state index contributed by atoms with van der Waals surface area (Å²) in [5.41, 5.74) is 9.27. The fourth-order valence-corrected chi connectivity index (χ4v) is 5.04. The highest BCUT2D eigenvalue weighted by molar-refractivity contribution is 7.17. The van der Waals surface area contributed by atoms with E-state index >= 15 is 0 Å². The SMILES string of the molecule is C[C@@H](Oc1ccc(-c2ccccc2)cc1)C(=O)Nc1sc2c(c1C(N)=O)CCCC2. The average Bonchev–Trinajstić information content (AvgIpc) is 3.13. The fraction of sp³-hybridized carbons (Fsp3) is 0.250. The van der Waals surface area contributed by atoms with Crippen LogP contribution in [0.25, 0.3) is 11.1 Å². The number of anilines is 1. The summed E-state index contributed by atoms with van der Waals surface area (Å²) >= 11 is 1.45. The number of nitrogens with two attached hydrogens (primary N) is 1. The molecule has 5 nitrogen and oxygen atoms in total. The van der Waals surface area contributed by atoms with Crippen molar-refractivity contribution in [2.75, 3.05) is 5.32 Å². The maximum atomic E-state index is 12.7. The van der Waals surface area contributed by atoms with E-state index in [0.29, 0.717) is 16.3 Å². The quantitative estimate of drug-likeness (QED) is 0.601. The highest BCUT2D eigenvalue weighted by Gasteiger charge is 2.26. The minimum Gasteiger partial charge on any atom is -0.481 e. The molecule has 0 spiro atoms.